The maximum absolute atomic E-state index is 13.5. The number of rotatable bonds is 10. The molecule has 3 aromatic carbocycles. The van der Waals surface area contributed by atoms with Crippen LogP contribution in [-0.2, 0) is 19.6 Å². The predicted octanol–water partition coefficient (Wildman–Crippen LogP) is 5.06. The van der Waals surface area contributed by atoms with Crippen LogP contribution in [-0.4, -0.2) is 40.1 Å². The van der Waals surface area contributed by atoms with Gasteiger partial charge in [0, 0.05) is 10.7 Å². The van der Waals surface area contributed by atoms with E-state index in [9.17, 15) is 18.0 Å². The van der Waals surface area contributed by atoms with Crippen molar-refractivity contribution in [1.29, 1.82) is 0 Å². The summed E-state index contributed by atoms with van der Waals surface area (Å²) < 4.78 is 38.5. The van der Waals surface area contributed by atoms with Crippen molar-refractivity contribution in [2.75, 3.05) is 29.4 Å². The summed E-state index contributed by atoms with van der Waals surface area (Å²) in [6.07, 6.45) is 0. The van der Waals surface area contributed by atoms with Crippen molar-refractivity contribution < 1.29 is 27.5 Å². The Kier molecular flexibility index (Phi) is 8.95. The van der Waals surface area contributed by atoms with Crippen molar-refractivity contribution in [2.24, 2.45) is 0 Å². The first-order chi connectivity index (χ1) is 17.1. The number of hydrogen-bond donors (Lipinski definition) is 1. The minimum Gasteiger partial charge on any atom is -0.494 e. The molecule has 0 fully saturated rings. The SMILES string of the molecule is CCOC(=O)c1ccc(C)c(NC(=O)CN(c2ccc(OCC)cc2)S(=O)(=O)c2ccc(Cl)cc2)c1. The predicted molar refractivity (Wildman–Crippen MR) is 139 cm³/mol. The average Bonchev–Trinajstić information content (AvgIpc) is 2.85. The molecule has 0 aliphatic heterocycles. The summed E-state index contributed by atoms with van der Waals surface area (Å²) in [7, 11) is -4.12. The van der Waals surface area contributed by atoms with Gasteiger partial charge in [0.2, 0.25) is 5.91 Å². The first-order valence-electron chi connectivity index (χ1n) is 11.2. The standard InChI is InChI=1S/C26H27ClN2O6S/c1-4-34-22-12-10-21(11-13-22)29(36(32,33)23-14-8-20(27)9-15-23)17-25(30)28-24-16-19(7-6-18(24)3)26(31)35-5-2/h6-16H,4-5,17H2,1-3H3,(H,28,30). The lowest BCUT2D eigenvalue weighted by molar-refractivity contribution is -0.114. The molecule has 0 aliphatic rings. The second kappa shape index (κ2) is 11.9. The fourth-order valence-electron chi connectivity index (χ4n) is 3.34. The Balaban J connectivity index is 1.93. The number of carbonyl (C=O) groups excluding carboxylic acids is 2. The van der Waals surface area contributed by atoms with E-state index >= 15 is 0 Å². The third-order valence-electron chi connectivity index (χ3n) is 5.15. The van der Waals surface area contributed by atoms with Gasteiger partial charge in [-0.05, 0) is 87.0 Å². The lowest BCUT2D eigenvalue weighted by Gasteiger charge is -2.24. The Morgan fingerprint density at radius 1 is 0.944 bits per heavy atom. The topological polar surface area (TPSA) is 102 Å². The van der Waals surface area contributed by atoms with Crippen LogP contribution in [0.25, 0.3) is 0 Å². The third-order valence-corrected chi connectivity index (χ3v) is 7.19. The van der Waals surface area contributed by atoms with Crippen molar-refractivity contribution in [3.8, 4) is 5.75 Å². The van der Waals surface area contributed by atoms with Crippen molar-refractivity contribution in [2.45, 2.75) is 25.7 Å². The van der Waals surface area contributed by atoms with Gasteiger partial charge in [-0.2, -0.15) is 0 Å². The molecule has 0 saturated carbocycles. The number of aryl methyl sites for hydroxylation is 1. The lowest BCUT2D eigenvalue weighted by Crippen LogP contribution is -2.38. The summed E-state index contributed by atoms with van der Waals surface area (Å²) in [6.45, 7) is 5.47. The van der Waals surface area contributed by atoms with Crippen molar-refractivity contribution in [3.05, 3.63) is 82.9 Å². The van der Waals surface area contributed by atoms with Gasteiger partial charge in [-0.15, -0.1) is 0 Å². The molecular formula is C26H27ClN2O6S. The van der Waals surface area contributed by atoms with Crippen molar-refractivity contribution in [1.82, 2.24) is 0 Å². The largest absolute Gasteiger partial charge is 0.494 e. The first kappa shape index (κ1) is 27.0. The molecule has 0 spiro atoms. The zero-order valence-corrected chi connectivity index (χ0v) is 21.7. The fourth-order valence-corrected chi connectivity index (χ4v) is 4.89. The van der Waals surface area contributed by atoms with Crippen LogP contribution in [0.2, 0.25) is 5.02 Å². The van der Waals surface area contributed by atoms with Crippen LogP contribution in [0.4, 0.5) is 11.4 Å². The van der Waals surface area contributed by atoms with E-state index < -0.39 is 28.4 Å². The van der Waals surface area contributed by atoms with Crippen LogP contribution in [0.3, 0.4) is 0 Å². The fraction of sp³-hybridized carbons (Fsp3) is 0.231. The monoisotopic (exact) mass is 530 g/mol. The van der Waals surface area contributed by atoms with Gasteiger partial charge >= 0.3 is 5.97 Å². The number of esters is 1. The molecule has 0 atom stereocenters. The number of halogens is 1. The van der Waals surface area contributed by atoms with Crippen LogP contribution in [0.1, 0.15) is 29.8 Å². The van der Waals surface area contributed by atoms with E-state index in [2.05, 4.69) is 5.32 Å². The summed E-state index contributed by atoms with van der Waals surface area (Å²) in [6, 6.07) is 16.9. The van der Waals surface area contributed by atoms with E-state index in [0.29, 0.717) is 28.6 Å². The molecular weight excluding hydrogens is 504 g/mol. The minimum atomic E-state index is -4.12. The van der Waals surface area contributed by atoms with Gasteiger partial charge in [0.15, 0.2) is 0 Å². The Morgan fingerprint density at radius 2 is 1.61 bits per heavy atom. The Bertz CT molecular complexity index is 1330. The Labute approximate surface area is 215 Å². The molecule has 8 nitrogen and oxygen atoms in total. The molecule has 0 unspecified atom stereocenters. The van der Waals surface area contributed by atoms with E-state index in [-0.39, 0.29) is 22.8 Å². The second-order valence-corrected chi connectivity index (χ2v) is 9.99. The van der Waals surface area contributed by atoms with E-state index in [1.165, 1.54) is 30.3 Å². The van der Waals surface area contributed by atoms with Gasteiger partial charge in [-0.3, -0.25) is 9.10 Å². The number of hydrogen-bond acceptors (Lipinski definition) is 6. The van der Waals surface area contributed by atoms with Crippen molar-refractivity contribution >= 4 is 44.9 Å². The molecule has 1 N–H and O–H groups in total. The lowest BCUT2D eigenvalue weighted by atomic mass is 10.1. The van der Waals surface area contributed by atoms with Crippen LogP contribution in [0.15, 0.2) is 71.6 Å². The maximum Gasteiger partial charge on any atom is 0.338 e. The van der Waals surface area contributed by atoms with E-state index in [0.717, 1.165) is 4.31 Å². The minimum absolute atomic E-state index is 0.0194. The summed E-state index contributed by atoms with van der Waals surface area (Å²) in [5, 5.41) is 3.10. The van der Waals surface area contributed by atoms with Crippen LogP contribution in [0, 0.1) is 6.92 Å². The molecule has 0 bridgehead atoms. The number of nitrogens with zero attached hydrogens (tertiary/aromatic N) is 1. The van der Waals surface area contributed by atoms with E-state index in [1.807, 2.05) is 6.92 Å². The van der Waals surface area contributed by atoms with E-state index in [1.54, 1.807) is 50.2 Å². The van der Waals surface area contributed by atoms with Crippen molar-refractivity contribution in [3.63, 3.8) is 0 Å². The first-order valence-corrected chi connectivity index (χ1v) is 13.1. The number of sulfonamides is 1. The quantitative estimate of drug-likeness (QED) is 0.368. The summed E-state index contributed by atoms with van der Waals surface area (Å²) >= 11 is 5.93. The van der Waals surface area contributed by atoms with Gasteiger partial charge in [-0.1, -0.05) is 17.7 Å². The highest BCUT2D eigenvalue weighted by Crippen LogP contribution is 2.27. The highest BCUT2D eigenvalue weighted by molar-refractivity contribution is 7.92. The normalized spacial score (nSPS) is 11.0. The Morgan fingerprint density at radius 3 is 2.22 bits per heavy atom. The highest BCUT2D eigenvalue weighted by Gasteiger charge is 2.27. The molecule has 0 aromatic heterocycles. The maximum atomic E-state index is 13.5. The summed E-state index contributed by atoms with van der Waals surface area (Å²) in [5.74, 6) is -0.541. The van der Waals surface area contributed by atoms with Crippen LogP contribution in [0.5, 0.6) is 5.75 Å². The molecule has 36 heavy (non-hydrogen) atoms. The van der Waals surface area contributed by atoms with Crippen LogP contribution >= 0.6 is 11.6 Å². The van der Waals surface area contributed by atoms with Gasteiger partial charge in [0.05, 0.1) is 29.4 Å². The van der Waals surface area contributed by atoms with Gasteiger partial charge in [0.1, 0.15) is 12.3 Å². The molecule has 0 radical (unpaired) electrons. The number of amides is 1. The second-order valence-electron chi connectivity index (χ2n) is 7.69. The van der Waals surface area contributed by atoms with Gasteiger partial charge in [0.25, 0.3) is 10.0 Å². The number of carbonyl (C=O) groups is 2. The number of ether oxygens (including phenoxy) is 2. The van der Waals surface area contributed by atoms with Gasteiger partial charge < -0.3 is 14.8 Å². The van der Waals surface area contributed by atoms with E-state index in [4.69, 9.17) is 21.1 Å². The number of benzene rings is 3. The molecule has 0 heterocycles. The smallest absolute Gasteiger partial charge is 0.338 e. The summed E-state index contributed by atoms with van der Waals surface area (Å²) in [5.41, 5.74) is 1.63. The zero-order chi connectivity index (χ0) is 26.3. The van der Waals surface area contributed by atoms with Gasteiger partial charge in [-0.25, -0.2) is 13.2 Å². The number of anilines is 2. The summed E-state index contributed by atoms with van der Waals surface area (Å²) in [4.78, 5) is 25.2. The van der Waals surface area contributed by atoms with Crippen LogP contribution < -0.4 is 14.4 Å². The molecule has 1 amide bonds. The molecule has 3 aromatic rings. The molecule has 190 valence electrons. The molecule has 0 aliphatic carbocycles. The molecule has 3 rings (SSSR count). The zero-order valence-electron chi connectivity index (χ0n) is 20.2. The third kappa shape index (κ3) is 6.56. The average molecular weight is 531 g/mol. The highest BCUT2D eigenvalue weighted by atomic mass is 35.5. The number of nitrogens with one attached hydrogen (secondary N) is 1. The Hall–Kier alpha value is -3.56. The molecule has 10 heteroatoms. The molecule has 0 saturated heterocycles.